The Morgan fingerprint density at radius 2 is 1.32 bits per heavy atom. The molecule has 1 saturated heterocycles. The molecule has 0 unspecified atom stereocenters. The second kappa shape index (κ2) is 8.32. The van der Waals surface area contributed by atoms with Gasteiger partial charge in [0.2, 0.25) is 20.0 Å². The lowest BCUT2D eigenvalue weighted by Crippen LogP contribution is -2.50. The van der Waals surface area contributed by atoms with Crippen LogP contribution >= 0.6 is 0 Å². The van der Waals surface area contributed by atoms with Gasteiger partial charge in [0, 0.05) is 26.2 Å². The third kappa shape index (κ3) is 4.63. The molecule has 1 aliphatic heterocycles. The number of benzene rings is 2. The summed E-state index contributed by atoms with van der Waals surface area (Å²) >= 11 is 0. The maximum Gasteiger partial charge on any atom is 0.243 e. The molecule has 0 bridgehead atoms. The quantitative estimate of drug-likeness (QED) is 0.717. The van der Waals surface area contributed by atoms with Gasteiger partial charge in [-0.1, -0.05) is 56.3 Å². The van der Waals surface area contributed by atoms with Crippen molar-refractivity contribution in [2.24, 2.45) is 0 Å². The van der Waals surface area contributed by atoms with E-state index in [9.17, 15) is 16.8 Å². The zero-order valence-electron chi connectivity index (χ0n) is 16.2. The van der Waals surface area contributed by atoms with E-state index in [2.05, 4.69) is 13.8 Å². The summed E-state index contributed by atoms with van der Waals surface area (Å²) in [5, 5.41) is 0. The van der Waals surface area contributed by atoms with Crippen LogP contribution in [0.1, 0.15) is 30.9 Å². The highest BCUT2D eigenvalue weighted by atomic mass is 32.2. The van der Waals surface area contributed by atoms with Crippen molar-refractivity contribution in [1.82, 2.24) is 8.61 Å². The average Bonchev–Trinajstić information content (AvgIpc) is 2.68. The highest BCUT2D eigenvalue weighted by molar-refractivity contribution is 7.89. The van der Waals surface area contributed by atoms with E-state index in [0.717, 1.165) is 11.1 Å². The Labute approximate surface area is 167 Å². The first-order valence-electron chi connectivity index (χ1n) is 9.32. The second-order valence-electron chi connectivity index (χ2n) is 7.27. The van der Waals surface area contributed by atoms with Crippen LogP contribution in [0.4, 0.5) is 0 Å². The molecule has 28 heavy (non-hydrogen) atoms. The Morgan fingerprint density at radius 1 is 0.786 bits per heavy atom. The van der Waals surface area contributed by atoms with Crippen LogP contribution in [-0.2, 0) is 25.8 Å². The van der Waals surface area contributed by atoms with Crippen LogP contribution in [0.5, 0.6) is 0 Å². The van der Waals surface area contributed by atoms with Crippen LogP contribution in [0, 0.1) is 0 Å². The van der Waals surface area contributed by atoms with E-state index in [1.807, 2.05) is 18.2 Å². The van der Waals surface area contributed by atoms with E-state index in [1.165, 1.54) is 8.61 Å². The molecule has 0 radical (unpaired) electrons. The standard InChI is InChI=1S/C20H26N2O4S2/c1-17(2)19-8-10-20(11-9-19)28(25,26)22-14-12-21(13-15-22)27(23,24)16-18-6-4-3-5-7-18/h3-11,17H,12-16H2,1-2H3. The first-order valence-corrected chi connectivity index (χ1v) is 12.4. The fraction of sp³-hybridized carbons (Fsp3) is 0.400. The van der Waals surface area contributed by atoms with Gasteiger partial charge >= 0.3 is 0 Å². The summed E-state index contributed by atoms with van der Waals surface area (Å²) < 4.78 is 53.8. The Kier molecular flexibility index (Phi) is 6.24. The summed E-state index contributed by atoms with van der Waals surface area (Å²) in [4.78, 5) is 0.248. The molecule has 0 atom stereocenters. The summed E-state index contributed by atoms with van der Waals surface area (Å²) in [5.74, 6) is 0.257. The SMILES string of the molecule is CC(C)c1ccc(S(=O)(=O)N2CCN(S(=O)(=O)Cc3ccccc3)CC2)cc1. The van der Waals surface area contributed by atoms with Crippen molar-refractivity contribution >= 4 is 20.0 Å². The minimum absolute atomic E-state index is 0.0722. The van der Waals surface area contributed by atoms with E-state index in [0.29, 0.717) is 5.92 Å². The van der Waals surface area contributed by atoms with Crippen molar-refractivity contribution in [1.29, 1.82) is 0 Å². The number of hydrogen-bond acceptors (Lipinski definition) is 4. The molecule has 152 valence electrons. The average molecular weight is 423 g/mol. The zero-order chi connectivity index (χ0) is 20.4. The molecule has 1 fully saturated rings. The second-order valence-corrected chi connectivity index (χ2v) is 11.2. The molecule has 0 N–H and O–H groups in total. The van der Waals surface area contributed by atoms with Gasteiger partial charge in [-0.3, -0.25) is 0 Å². The number of hydrogen-bond donors (Lipinski definition) is 0. The Morgan fingerprint density at radius 3 is 1.86 bits per heavy atom. The summed E-state index contributed by atoms with van der Waals surface area (Å²) in [6, 6.07) is 15.9. The number of piperazine rings is 1. The molecule has 3 rings (SSSR count). The topological polar surface area (TPSA) is 74.8 Å². The number of rotatable bonds is 6. The molecular weight excluding hydrogens is 396 g/mol. The van der Waals surface area contributed by atoms with Gasteiger partial charge in [0.05, 0.1) is 10.6 Å². The predicted molar refractivity (Wildman–Crippen MR) is 110 cm³/mol. The summed E-state index contributed by atoms with van der Waals surface area (Å²) in [6.07, 6.45) is 0. The molecule has 1 aliphatic rings. The lowest BCUT2D eigenvalue weighted by atomic mass is 10.0. The molecule has 0 aromatic heterocycles. The third-order valence-electron chi connectivity index (χ3n) is 4.97. The van der Waals surface area contributed by atoms with E-state index in [1.54, 1.807) is 36.4 Å². The van der Waals surface area contributed by atoms with Crippen molar-refractivity contribution in [3.8, 4) is 0 Å². The van der Waals surface area contributed by atoms with E-state index < -0.39 is 20.0 Å². The molecule has 0 saturated carbocycles. The minimum atomic E-state index is -3.62. The van der Waals surface area contributed by atoms with Crippen LogP contribution in [0.15, 0.2) is 59.5 Å². The van der Waals surface area contributed by atoms with Gasteiger partial charge in [-0.05, 0) is 29.2 Å². The number of nitrogens with zero attached hydrogens (tertiary/aromatic N) is 2. The Bertz CT molecular complexity index is 994. The molecule has 0 aliphatic carbocycles. The van der Waals surface area contributed by atoms with Crippen LogP contribution in [-0.4, -0.2) is 51.6 Å². The van der Waals surface area contributed by atoms with E-state index in [-0.39, 0.29) is 36.8 Å². The summed E-state index contributed by atoms with van der Waals surface area (Å²) in [5.41, 5.74) is 1.80. The van der Waals surface area contributed by atoms with Gasteiger partial charge in [0.15, 0.2) is 0 Å². The molecule has 2 aromatic carbocycles. The minimum Gasteiger partial charge on any atom is -0.212 e. The molecule has 0 amide bonds. The normalized spacial score (nSPS) is 17.1. The lowest BCUT2D eigenvalue weighted by molar-refractivity contribution is 0.272. The molecule has 8 heteroatoms. The van der Waals surface area contributed by atoms with Crippen molar-refractivity contribution in [2.45, 2.75) is 30.4 Å². The maximum atomic E-state index is 12.9. The largest absolute Gasteiger partial charge is 0.243 e. The van der Waals surface area contributed by atoms with Crippen LogP contribution in [0.25, 0.3) is 0 Å². The third-order valence-corrected chi connectivity index (χ3v) is 8.73. The highest BCUT2D eigenvalue weighted by Gasteiger charge is 2.33. The fourth-order valence-electron chi connectivity index (χ4n) is 3.24. The van der Waals surface area contributed by atoms with Crippen molar-refractivity contribution < 1.29 is 16.8 Å². The van der Waals surface area contributed by atoms with Gasteiger partial charge in [-0.25, -0.2) is 16.8 Å². The Hall–Kier alpha value is -1.74. The molecular formula is C20H26N2O4S2. The molecule has 6 nitrogen and oxygen atoms in total. The van der Waals surface area contributed by atoms with E-state index in [4.69, 9.17) is 0 Å². The van der Waals surface area contributed by atoms with Crippen molar-refractivity contribution in [3.05, 3.63) is 65.7 Å². The predicted octanol–water partition coefficient (Wildman–Crippen LogP) is 2.65. The van der Waals surface area contributed by atoms with Crippen LogP contribution in [0.3, 0.4) is 0 Å². The van der Waals surface area contributed by atoms with Gasteiger partial charge in [0.1, 0.15) is 0 Å². The van der Waals surface area contributed by atoms with Gasteiger partial charge in [0.25, 0.3) is 0 Å². The lowest BCUT2D eigenvalue weighted by Gasteiger charge is -2.33. The first-order chi connectivity index (χ1) is 13.2. The van der Waals surface area contributed by atoms with E-state index >= 15 is 0 Å². The fourth-order valence-corrected chi connectivity index (χ4v) is 6.18. The maximum absolute atomic E-state index is 12.9. The molecule has 0 spiro atoms. The van der Waals surface area contributed by atoms with Crippen molar-refractivity contribution in [3.63, 3.8) is 0 Å². The molecule has 2 aromatic rings. The Balaban J connectivity index is 1.67. The number of sulfonamides is 2. The summed E-state index contributed by atoms with van der Waals surface area (Å²) in [7, 11) is -7.09. The van der Waals surface area contributed by atoms with Gasteiger partial charge in [-0.2, -0.15) is 8.61 Å². The highest BCUT2D eigenvalue weighted by Crippen LogP contribution is 2.22. The van der Waals surface area contributed by atoms with Crippen LogP contribution < -0.4 is 0 Å². The summed E-state index contributed by atoms with van der Waals surface area (Å²) in [6.45, 7) is 4.75. The van der Waals surface area contributed by atoms with Gasteiger partial charge in [-0.15, -0.1) is 0 Å². The molecule has 1 heterocycles. The smallest absolute Gasteiger partial charge is 0.212 e. The van der Waals surface area contributed by atoms with Gasteiger partial charge < -0.3 is 0 Å². The monoisotopic (exact) mass is 422 g/mol. The van der Waals surface area contributed by atoms with Crippen LogP contribution in [0.2, 0.25) is 0 Å². The van der Waals surface area contributed by atoms with Crippen molar-refractivity contribution in [2.75, 3.05) is 26.2 Å². The zero-order valence-corrected chi connectivity index (χ0v) is 17.8. The first kappa shape index (κ1) is 21.0.